The molecule has 4 heteroatoms. The van der Waals surface area contributed by atoms with Gasteiger partial charge in [0.25, 0.3) is 0 Å². The Balaban J connectivity index is 2.64. The Morgan fingerprint density at radius 3 is 1.54 bits per heavy atom. The molecule has 28 heavy (non-hydrogen) atoms. The van der Waals surface area contributed by atoms with Gasteiger partial charge in [0.05, 0.1) is 0 Å². The van der Waals surface area contributed by atoms with Gasteiger partial charge in [0.15, 0.2) is 0 Å². The van der Waals surface area contributed by atoms with Crippen molar-refractivity contribution in [3.63, 3.8) is 0 Å². The molecule has 0 aromatic heterocycles. The van der Waals surface area contributed by atoms with Crippen molar-refractivity contribution in [1.82, 2.24) is 10.6 Å². The smallest absolute Gasteiger partial charge is 0.225 e. The van der Waals surface area contributed by atoms with Gasteiger partial charge in [0.1, 0.15) is 0 Å². The highest BCUT2D eigenvalue weighted by Gasteiger charge is 2.39. The lowest BCUT2D eigenvalue weighted by Gasteiger charge is -2.34. The second-order valence-corrected chi connectivity index (χ2v) is 10.1. The lowest BCUT2D eigenvalue weighted by Crippen LogP contribution is -2.47. The monoisotopic (exact) mass is 394 g/mol. The molecule has 0 unspecified atom stereocenters. The lowest BCUT2D eigenvalue weighted by atomic mass is 9.73. The molecule has 1 saturated carbocycles. The molecule has 0 bridgehead atoms. The SMILES string of the molecule is CCNC(=O)C(C)(C)CC(C)(C)C(=O)NC1CCCCCCCCCCCC1. The van der Waals surface area contributed by atoms with E-state index in [4.69, 9.17) is 0 Å². The molecule has 0 spiro atoms. The number of carbonyl (C=O) groups is 2. The van der Waals surface area contributed by atoms with E-state index in [2.05, 4.69) is 10.6 Å². The summed E-state index contributed by atoms with van der Waals surface area (Å²) in [6.07, 6.45) is 15.8. The second-order valence-electron chi connectivity index (χ2n) is 10.1. The lowest BCUT2D eigenvalue weighted by molar-refractivity contribution is -0.136. The van der Waals surface area contributed by atoms with Crippen molar-refractivity contribution in [2.24, 2.45) is 10.8 Å². The highest BCUT2D eigenvalue weighted by molar-refractivity contribution is 5.85. The maximum Gasteiger partial charge on any atom is 0.225 e. The summed E-state index contributed by atoms with van der Waals surface area (Å²) in [5.74, 6) is 0.122. The Morgan fingerprint density at radius 1 is 0.714 bits per heavy atom. The van der Waals surface area contributed by atoms with E-state index >= 15 is 0 Å². The van der Waals surface area contributed by atoms with Crippen molar-refractivity contribution in [3.8, 4) is 0 Å². The van der Waals surface area contributed by atoms with Crippen LogP contribution in [0.5, 0.6) is 0 Å². The average molecular weight is 395 g/mol. The van der Waals surface area contributed by atoms with Crippen LogP contribution in [0.15, 0.2) is 0 Å². The largest absolute Gasteiger partial charge is 0.356 e. The van der Waals surface area contributed by atoms with Crippen LogP contribution in [-0.2, 0) is 9.59 Å². The van der Waals surface area contributed by atoms with Crippen LogP contribution in [0.25, 0.3) is 0 Å². The van der Waals surface area contributed by atoms with E-state index in [1.165, 1.54) is 64.2 Å². The highest BCUT2D eigenvalue weighted by Crippen LogP contribution is 2.34. The molecule has 0 saturated heterocycles. The Labute approximate surface area is 174 Å². The van der Waals surface area contributed by atoms with Crippen LogP contribution >= 0.6 is 0 Å². The molecule has 1 aliphatic carbocycles. The van der Waals surface area contributed by atoms with Crippen molar-refractivity contribution in [2.75, 3.05) is 6.54 Å². The van der Waals surface area contributed by atoms with Crippen molar-refractivity contribution >= 4 is 11.8 Å². The van der Waals surface area contributed by atoms with E-state index in [-0.39, 0.29) is 17.9 Å². The molecular formula is C24H46N2O2. The van der Waals surface area contributed by atoms with E-state index in [1.807, 2.05) is 34.6 Å². The fourth-order valence-corrected chi connectivity index (χ4v) is 4.53. The summed E-state index contributed by atoms with van der Waals surface area (Å²) in [5.41, 5.74) is -1.11. The van der Waals surface area contributed by atoms with Crippen LogP contribution in [0.4, 0.5) is 0 Å². The summed E-state index contributed by atoms with van der Waals surface area (Å²) in [6.45, 7) is 10.4. The first-order valence-corrected chi connectivity index (χ1v) is 11.8. The van der Waals surface area contributed by atoms with Gasteiger partial charge in [-0.3, -0.25) is 9.59 Å². The predicted octanol–water partition coefficient (Wildman–Crippen LogP) is 5.74. The molecule has 0 radical (unpaired) electrons. The second kappa shape index (κ2) is 12.5. The zero-order chi connectivity index (χ0) is 21.0. The van der Waals surface area contributed by atoms with Gasteiger partial charge in [-0.05, 0) is 26.2 Å². The number of amides is 2. The summed E-state index contributed by atoms with van der Waals surface area (Å²) >= 11 is 0. The quantitative estimate of drug-likeness (QED) is 0.603. The summed E-state index contributed by atoms with van der Waals surface area (Å²) < 4.78 is 0. The van der Waals surface area contributed by atoms with Crippen molar-refractivity contribution in [1.29, 1.82) is 0 Å². The number of hydrogen-bond acceptors (Lipinski definition) is 2. The molecule has 0 aromatic rings. The zero-order valence-electron chi connectivity index (χ0n) is 19.3. The van der Waals surface area contributed by atoms with Crippen LogP contribution in [0.2, 0.25) is 0 Å². The zero-order valence-corrected chi connectivity index (χ0v) is 19.3. The normalized spacial score (nSPS) is 19.0. The first-order valence-electron chi connectivity index (χ1n) is 11.8. The molecule has 1 rings (SSSR count). The molecule has 2 N–H and O–H groups in total. The van der Waals surface area contributed by atoms with Crippen LogP contribution in [0, 0.1) is 10.8 Å². The fourth-order valence-electron chi connectivity index (χ4n) is 4.53. The molecule has 1 aliphatic rings. The molecule has 2 amide bonds. The standard InChI is InChI=1S/C24H46N2O2/c1-6-25-21(27)23(2,3)19-24(4,5)22(28)26-20-17-15-13-11-9-7-8-10-12-14-16-18-20/h20H,6-19H2,1-5H3,(H,25,27)(H,26,28). The van der Waals surface area contributed by atoms with Crippen LogP contribution < -0.4 is 10.6 Å². The van der Waals surface area contributed by atoms with Crippen molar-refractivity contribution in [3.05, 3.63) is 0 Å². The molecule has 1 fully saturated rings. The molecule has 164 valence electrons. The van der Waals surface area contributed by atoms with Gasteiger partial charge in [-0.25, -0.2) is 0 Å². The van der Waals surface area contributed by atoms with Gasteiger partial charge in [-0.2, -0.15) is 0 Å². The first kappa shape index (κ1) is 25.0. The molecule has 0 aromatic carbocycles. The van der Waals surface area contributed by atoms with Gasteiger partial charge in [-0.1, -0.05) is 91.9 Å². The number of nitrogens with one attached hydrogen (secondary N) is 2. The van der Waals surface area contributed by atoms with E-state index < -0.39 is 10.8 Å². The minimum atomic E-state index is -0.560. The van der Waals surface area contributed by atoms with Gasteiger partial charge in [0, 0.05) is 23.4 Å². The van der Waals surface area contributed by atoms with Crippen LogP contribution in [-0.4, -0.2) is 24.4 Å². The Bertz CT molecular complexity index is 457. The third kappa shape index (κ3) is 9.43. The number of carbonyl (C=O) groups excluding carboxylic acids is 2. The molecule has 0 atom stereocenters. The summed E-state index contributed by atoms with van der Waals surface area (Å²) in [5, 5.41) is 6.25. The third-order valence-electron chi connectivity index (χ3n) is 6.14. The van der Waals surface area contributed by atoms with Crippen LogP contribution in [0.3, 0.4) is 0 Å². The minimum absolute atomic E-state index is 0.0259. The first-order chi connectivity index (χ1) is 13.2. The van der Waals surface area contributed by atoms with Crippen molar-refractivity contribution < 1.29 is 9.59 Å². The van der Waals surface area contributed by atoms with Crippen molar-refractivity contribution in [2.45, 2.75) is 124 Å². The average Bonchev–Trinajstić information content (AvgIpc) is 2.63. The van der Waals surface area contributed by atoms with E-state index in [1.54, 1.807) is 0 Å². The van der Waals surface area contributed by atoms with Crippen LogP contribution in [0.1, 0.15) is 118 Å². The van der Waals surface area contributed by atoms with Gasteiger partial charge >= 0.3 is 0 Å². The van der Waals surface area contributed by atoms with Gasteiger partial charge in [0.2, 0.25) is 11.8 Å². The molecule has 0 heterocycles. The predicted molar refractivity (Wildman–Crippen MR) is 118 cm³/mol. The molecule has 0 aliphatic heterocycles. The summed E-state index contributed by atoms with van der Waals surface area (Å²) in [4.78, 5) is 25.4. The van der Waals surface area contributed by atoms with E-state index in [0.717, 1.165) is 12.8 Å². The maximum absolute atomic E-state index is 13.1. The third-order valence-corrected chi connectivity index (χ3v) is 6.14. The van der Waals surface area contributed by atoms with Gasteiger partial charge < -0.3 is 10.6 Å². The number of hydrogen-bond donors (Lipinski definition) is 2. The molecular weight excluding hydrogens is 348 g/mol. The Morgan fingerprint density at radius 2 is 1.11 bits per heavy atom. The van der Waals surface area contributed by atoms with Gasteiger partial charge in [-0.15, -0.1) is 0 Å². The Hall–Kier alpha value is -1.06. The summed E-state index contributed by atoms with van der Waals surface area (Å²) in [7, 11) is 0. The summed E-state index contributed by atoms with van der Waals surface area (Å²) in [6, 6.07) is 0.278. The molecule has 4 nitrogen and oxygen atoms in total. The Kier molecular flexibility index (Phi) is 11.1. The topological polar surface area (TPSA) is 58.2 Å². The highest BCUT2D eigenvalue weighted by atomic mass is 16.2. The number of rotatable bonds is 6. The maximum atomic E-state index is 13.1. The minimum Gasteiger partial charge on any atom is -0.356 e. The van der Waals surface area contributed by atoms with E-state index in [9.17, 15) is 9.59 Å². The fraction of sp³-hybridized carbons (Fsp3) is 0.917. The van der Waals surface area contributed by atoms with E-state index in [0.29, 0.717) is 13.0 Å².